The first-order valence-electron chi connectivity index (χ1n) is 9.07. The summed E-state index contributed by atoms with van der Waals surface area (Å²) in [6.07, 6.45) is 0. The number of rotatable bonds is 6. The molecule has 28 heavy (non-hydrogen) atoms. The van der Waals surface area contributed by atoms with Crippen molar-refractivity contribution in [1.29, 1.82) is 0 Å². The van der Waals surface area contributed by atoms with Gasteiger partial charge in [-0.1, -0.05) is 36.4 Å². The lowest BCUT2D eigenvalue weighted by molar-refractivity contribution is -0.120. The zero-order valence-corrected chi connectivity index (χ0v) is 16.5. The molecule has 0 spiro atoms. The lowest BCUT2D eigenvalue weighted by Gasteiger charge is -2.23. The first-order valence-corrected chi connectivity index (χ1v) is 9.07. The van der Waals surface area contributed by atoms with E-state index in [1.807, 2.05) is 61.3 Å². The molecular weight excluding hydrogens is 356 g/mol. The largest absolute Gasteiger partial charge is 0.465 e. The second-order valence-corrected chi connectivity index (χ2v) is 6.78. The number of hydrogen-bond acceptors (Lipinski definition) is 5. The van der Waals surface area contributed by atoms with Crippen molar-refractivity contribution in [3.63, 3.8) is 0 Å². The third kappa shape index (κ3) is 4.07. The molecule has 0 fully saturated rings. The quantitative estimate of drug-likeness (QED) is 0.655. The Bertz CT molecular complexity index is 1000. The van der Waals surface area contributed by atoms with E-state index >= 15 is 0 Å². The molecule has 0 saturated heterocycles. The zero-order valence-electron chi connectivity index (χ0n) is 16.5. The highest BCUT2D eigenvalue weighted by Gasteiger charge is 2.22. The predicted octanol–water partition coefficient (Wildman–Crippen LogP) is 3.99. The van der Waals surface area contributed by atoms with Crippen LogP contribution in [0.15, 0.2) is 52.9 Å². The Kier molecular flexibility index (Phi) is 5.80. The normalized spacial score (nSPS) is 12.2. The van der Waals surface area contributed by atoms with Gasteiger partial charge < -0.3 is 14.5 Å². The highest BCUT2D eigenvalue weighted by Crippen LogP contribution is 2.23. The molecule has 0 aliphatic rings. The van der Waals surface area contributed by atoms with Crippen LogP contribution in [-0.2, 0) is 16.1 Å². The Morgan fingerprint density at radius 3 is 2.64 bits per heavy atom. The molecule has 1 aromatic heterocycles. The number of hydrogen-bond donors (Lipinski definition) is 1. The maximum absolute atomic E-state index is 12.8. The summed E-state index contributed by atoms with van der Waals surface area (Å²) in [5, 5.41) is 5.08. The Morgan fingerprint density at radius 2 is 1.89 bits per heavy atom. The van der Waals surface area contributed by atoms with Gasteiger partial charge in [-0.25, -0.2) is 4.79 Å². The number of furan rings is 1. The van der Waals surface area contributed by atoms with Gasteiger partial charge in [-0.3, -0.25) is 9.69 Å². The molecule has 6 heteroatoms. The second kappa shape index (κ2) is 8.27. The minimum atomic E-state index is -0.433. The van der Waals surface area contributed by atoms with E-state index in [1.165, 1.54) is 7.11 Å². The number of nitrogens with zero attached hydrogens (tertiary/aromatic N) is 1. The van der Waals surface area contributed by atoms with Gasteiger partial charge in [0.05, 0.1) is 19.7 Å². The van der Waals surface area contributed by atoms with Crippen molar-refractivity contribution in [1.82, 2.24) is 4.90 Å². The Morgan fingerprint density at radius 1 is 1.18 bits per heavy atom. The summed E-state index contributed by atoms with van der Waals surface area (Å²) in [4.78, 5) is 26.3. The van der Waals surface area contributed by atoms with Crippen LogP contribution >= 0.6 is 0 Å². The van der Waals surface area contributed by atoms with Crippen LogP contribution in [0.2, 0.25) is 0 Å². The summed E-state index contributed by atoms with van der Waals surface area (Å²) < 4.78 is 10.4. The SMILES string of the molecule is COC(=O)c1cc(CN(C)C(C)C(=O)Nc2cccc3ccccc23)oc1C. The first-order chi connectivity index (χ1) is 13.4. The van der Waals surface area contributed by atoms with Gasteiger partial charge in [0, 0.05) is 11.1 Å². The molecule has 3 aromatic rings. The van der Waals surface area contributed by atoms with Crippen LogP contribution in [0, 0.1) is 6.92 Å². The van der Waals surface area contributed by atoms with Crippen molar-refractivity contribution >= 4 is 28.3 Å². The molecule has 1 amide bonds. The highest BCUT2D eigenvalue weighted by atomic mass is 16.5. The van der Waals surface area contributed by atoms with Crippen molar-refractivity contribution in [2.45, 2.75) is 26.4 Å². The second-order valence-electron chi connectivity index (χ2n) is 6.78. The zero-order chi connectivity index (χ0) is 20.3. The van der Waals surface area contributed by atoms with Gasteiger partial charge in [0.2, 0.25) is 5.91 Å². The van der Waals surface area contributed by atoms with Gasteiger partial charge in [-0.15, -0.1) is 0 Å². The Balaban J connectivity index is 1.70. The molecule has 3 rings (SSSR count). The fraction of sp³-hybridized carbons (Fsp3) is 0.273. The summed E-state index contributed by atoms with van der Waals surface area (Å²) in [5.74, 6) is 0.556. The van der Waals surface area contributed by atoms with E-state index in [2.05, 4.69) is 5.32 Å². The summed E-state index contributed by atoms with van der Waals surface area (Å²) in [6, 6.07) is 15.0. The standard InChI is InChI=1S/C22H24N2O4/c1-14(24(3)13-17-12-19(15(2)28-17)22(26)27-4)21(25)23-20-11-7-9-16-8-5-6-10-18(16)20/h5-12,14H,13H2,1-4H3,(H,23,25). The summed E-state index contributed by atoms with van der Waals surface area (Å²) in [6.45, 7) is 3.94. The first kappa shape index (κ1) is 19.6. The molecule has 6 nitrogen and oxygen atoms in total. The van der Waals surface area contributed by atoms with Gasteiger partial charge in [0.1, 0.15) is 17.1 Å². The van der Waals surface area contributed by atoms with E-state index in [-0.39, 0.29) is 5.91 Å². The maximum atomic E-state index is 12.8. The minimum absolute atomic E-state index is 0.115. The topological polar surface area (TPSA) is 71.8 Å². The predicted molar refractivity (Wildman–Crippen MR) is 108 cm³/mol. The molecule has 0 bridgehead atoms. The number of amides is 1. The van der Waals surface area contributed by atoms with Crippen LogP contribution < -0.4 is 5.32 Å². The molecule has 0 aliphatic carbocycles. The van der Waals surface area contributed by atoms with Crippen molar-refractivity contribution in [2.75, 3.05) is 19.5 Å². The third-order valence-electron chi connectivity index (χ3n) is 4.87. The lowest BCUT2D eigenvalue weighted by Crippen LogP contribution is -2.39. The number of esters is 1. The molecular formula is C22H24N2O4. The molecule has 1 atom stereocenters. The van der Waals surface area contributed by atoms with Gasteiger partial charge in [0.25, 0.3) is 0 Å². The van der Waals surface area contributed by atoms with Gasteiger partial charge >= 0.3 is 5.97 Å². The van der Waals surface area contributed by atoms with E-state index < -0.39 is 12.0 Å². The number of likely N-dealkylation sites (N-methyl/N-ethyl adjacent to an activating group) is 1. The van der Waals surface area contributed by atoms with Gasteiger partial charge in [-0.05, 0) is 38.4 Å². The lowest BCUT2D eigenvalue weighted by atomic mass is 10.1. The average molecular weight is 380 g/mol. The van der Waals surface area contributed by atoms with E-state index in [0.717, 1.165) is 16.5 Å². The number of fused-ring (bicyclic) bond motifs is 1. The van der Waals surface area contributed by atoms with Crippen LogP contribution in [0.25, 0.3) is 10.8 Å². The van der Waals surface area contributed by atoms with Crippen molar-refractivity contribution in [3.05, 3.63) is 65.6 Å². The molecule has 0 aliphatic heterocycles. The van der Waals surface area contributed by atoms with Crippen molar-refractivity contribution in [3.8, 4) is 0 Å². The van der Waals surface area contributed by atoms with Crippen LogP contribution in [0.5, 0.6) is 0 Å². The molecule has 2 aromatic carbocycles. The van der Waals surface area contributed by atoms with Crippen LogP contribution in [0.3, 0.4) is 0 Å². The fourth-order valence-electron chi connectivity index (χ4n) is 3.09. The van der Waals surface area contributed by atoms with Crippen molar-refractivity contribution < 1.29 is 18.7 Å². The number of anilines is 1. The fourth-order valence-corrected chi connectivity index (χ4v) is 3.09. The number of methoxy groups -OCH3 is 1. The van der Waals surface area contributed by atoms with E-state index in [9.17, 15) is 9.59 Å². The molecule has 0 saturated carbocycles. The number of carbonyl (C=O) groups is 2. The maximum Gasteiger partial charge on any atom is 0.341 e. The molecule has 1 heterocycles. The number of benzene rings is 2. The summed E-state index contributed by atoms with van der Waals surface area (Å²) in [7, 11) is 3.17. The third-order valence-corrected chi connectivity index (χ3v) is 4.87. The highest BCUT2D eigenvalue weighted by molar-refractivity contribution is 6.03. The number of ether oxygens (including phenoxy) is 1. The Hall–Kier alpha value is -3.12. The molecule has 0 radical (unpaired) electrons. The van der Waals surface area contributed by atoms with Crippen LogP contribution in [0.4, 0.5) is 5.69 Å². The van der Waals surface area contributed by atoms with Gasteiger partial charge in [-0.2, -0.15) is 0 Å². The smallest absolute Gasteiger partial charge is 0.341 e. The van der Waals surface area contributed by atoms with E-state index in [1.54, 1.807) is 13.0 Å². The monoisotopic (exact) mass is 380 g/mol. The van der Waals surface area contributed by atoms with Gasteiger partial charge in [0.15, 0.2) is 0 Å². The molecule has 146 valence electrons. The average Bonchev–Trinajstić information content (AvgIpc) is 3.06. The van der Waals surface area contributed by atoms with Crippen LogP contribution in [-0.4, -0.2) is 37.0 Å². The number of carbonyl (C=O) groups excluding carboxylic acids is 2. The van der Waals surface area contributed by atoms with Crippen LogP contribution in [0.1, 0.15) is 28.8 Å². The van der Waals surface area contributed by atoms with E-state index in [0.29, 0.717) is 23.6 Å². The van der Waals surface area contributed by atoms with Crippen molar-refractivity contribution in [2.24, 2.45) is 0 Å². The minimum Gasteiger partial charge on any atom is -0.465 e. The molecule has 1 unspecified atom stereocenters. The number of aryl methyl sites for hydroxylation is 1. The summed E-state index contributed by atoms with van der Waals surface area (Å²) >= 11 is 0. The Labute approximate surface area is 164 Å². The number of nitrogens with one attached hydrogen (secondary N) is 1. The molecule has 1 N–H and O–H groups in total. The van der Waals surface area contributed by atoms with E-state index in [4.69, 9.17) is 9.15 Å². The summed E-state index contributed by atoms with van der Waals surface area (Å²) in [5.41, 5.74) is 1.18.